The van der Waals surface area contributed by atoms with Crippen molar-refractivity contribution in [2.24, 2.45) is 0 Å². The second kappa shape index (κ2) is 7.71. The number of nitrogens with zero attached hydrogens (tertiary/aromatic N) is 1. The third-order valence-electron chi connectivity index (χ3n) is 3.00. The zero-order chi connectivity index (χ0) is 16.7. The molecule has 116 valence electrons. The van der Waals surface area contributed by atoms with Crippen molar-refractivity contribution in [3.05, 3.63) is 65.5 Å². The van der Waals surface area contributed by atoms with Crippen LogP contribution < -0.4 is 10.6 Å². The highest BCUT2D eigenvalue weighted by molar-refractivity contribution is 6.04. The summed E-state index contributed by atoms with van der Waals surface area (Å²) in [6, 6.07) is 14.1. The first-order valence-electron chi connectivity index (χ1n) is 6.88. The molecule has 0 aromatic heterocycles. The van der Waals surface area contributed by atoms with Gasteiger partial charge in [-0.3, -0.25) is 9.59 Å². The van der Waals surface area contributed by atoms with Crippen LogP contribution in [0.5, 0.6) is 0 Å². The molecule has 23 heavy (non-hydrogen) atoms. The Labute approximate surface area is 132 Å². The summed E-state index contributed by atoms with van der Waals surface area (Å²) in [6.07, 6.45) is -0.198. The molecule has 0 saturated heterocycles. The Bertz CT molecular complexity index is 768. The van der Waals surface area contributed by atoms with Crippen LogP contribution in [0.15, 0.2) is 48.5 Å². The van der Waals surface area contributed by atoms with Crippen LogP contribution in [0.25, 0.3) is 0 Å². The van der Waals surface area contributed by atoms with E-state index in [-0.39, 0.29) is 24.4 Å². The minimum absolute atomic E-state index is 0.198. The molecule has 0 aliphatic rings. The lowest BCUT2D eigenvalue weighted by molar-refractivity contribution is -0.120. The largest absolute Gasteiger partial charge is 0.351 e. The molecule has 0 heterocycles. The molecule has 5 nitrogen and oxygen atoms in total. The van der Waals surface area contributed by atoms with E-state index < -0.39 is 11.7 Å². The molecule has 0 saturated carbocycles. The Hall–Kier alpha value is -3.20. The predicted octanol–water partition coefficient (Wildman–Crippen LogP) is 2.61. The van der Waals surface area contributed by atoms with Gasteiger partial charge in [-0.1, -0.05) is 18.2 Å². The quantitative estimate of drug-likeness (QED) is 0.890. The summed E-state index contributed by atoms with van der Waals surface area (Å²) in [5, 5.41) is 13.7. The summed E-state index contributed by atoms with van der Waals surface area (Å²) in [7, 11) is 0. The van der Waals surface area contributed by atoms with Gasteiger partial charge in [-0.2, -0.15) is 5.26 Å². The van der Waals surface area contributed by atoms with Crippen LogP contribution in [0.4, 0.5) is 10.1 Å². The van der Waals surface area contributed by atoms with Gasteiger partial charge < -0.3 is 10.6 Å². The zero-order valence-electron chi connectivity index (χ0n) is 12.2. The average molecular weight is 311 g/mol. The highest BCUT2D eigenvalue weighted by Gasteiger charge is 2.07. The molecular weight excluding hydrogens is 297 g/mol. The Morgan fingerprint density at radius 3 is 2.65 bits per heavy atom. The SMILES string of the molecule is N#CCC(=O)NCc1cccc(NC(=O)c2cccc(F)c2)c1. The number of hydrogen-bond donors (Lipinski definition) is 2. The molecule has 2 aromatic carbocycles. The second-order valence-electron chi connectivity index (χ2n) is 4.78. The van der Waals surface area contributed by atoms with Gasteiger partial charge in [0, 0.05) is 17.8 Å². The Balaban J connectivity index is 2.01. The number of carbonyl (C=O) groups excluding carboxylic acids is 2. The number of anilines is 1. The summed E-state index contributed by atoms with van der Waals surface area (Å²) < 4.78 is 13.1. The first-order chi connectivity index (χ1) is 11.1. The third kappa shape index (κ3) is 4.93. The van der Waals surface area contributed by atoms with E-state index in [0.29, 0.717) is 5.69 Å². The second-order valence-corrected chi connectivity index (χ2v) is 4.78. The van der Waals surface area contributed by atoms with Gasteiger partial charge in [-0.15, -0.1) is 0 Å². The summed E-state index contributed by atoms with van der Waals surface area (Å²) in [4.78, 5) is 23.3. The molecule has 0 aliphatic carbocycles. The van der Waals surface area contributed by atoms with Crippen molar-refractivity contribution in [1.82, 2.24) is 5.32 Å². The number of benzene rings is 2. The molecule has 0 fully saturated rings. The van der Waals surface area contributed by atoms with Gasteiger partial charge in [-0.05, 0) is 35.9 Å². The van der Waals surface area contributed by atoms with Crippen LogP contribution in [0.1, 0.15) is 22.3 Å². The molecule has 0 atom stereocenters. The van der Waals surface area contributed by atoms with Crippen LogP contribution in [0.2, 0.25) is 0 Å². The molecule has 0 aliphatic heterocycles. The molecule has 0 unspecified atom stereocenters. The van der Waals surface area contributed by atoms with E-state index in [1.165, 1.54) is 18.2 Å². The van der Waals surface area contributed by atoms with E-state index in [2.05, 4.69) is 10.6 Å². The lowest BCUT2D eigenvalue weighted by atomic mass is 10.1. The minimum atomic E-state index is -0.480. The maximum Gasteiger partial charge on any atom is 0.255 e. The highest BCUT2D eigenvalue weighted by Crippen LogP contribution is 2.13. The molecule has 2 rings (SSSR count). The Morgan fingerprint density at radius 2 is 1.91 bits per heavy atom. The fraction of sp³-hybridized carbons (Fsp3) is 0.118. The van der Waals surface area contributed by atoms with E-state index in [1.807, 2.05) is 0 Å². The van der Waals surface area contributed by atoms with Gasteiger partial charge in [0.2, 0.25) is 5.91 Å². The normalized spacial score (nSPS) is 9.74. The van der Waals surface area contributed by atoms with Crippen molar-refractivity contribution in [3.63, 3.8) is 0 Å². The molecule has 2 N–H and O–H groups in total. The monoisotopic (exact) mass is 311 g/mol. The van der Waals surface area contributed by atoms with Crippen molar-refractivity contribution < 1.29 is 14.0 Å². The van der Waals surface area contributed by atoms with Crippen molar-refractivity contribution in [3.8, 4) is 6.07 Å². The van der Waals surface area contributed by atoms with E-state index in [9.17, 15) is 14.0 Å². The minimum Gasteiger partial charge on any atom is -0.351 e. The molecule has 0 spiro atoms. The number of nitriles is 1. The summed E-state index contributed by atoms with van der Waals surface area (Å²) in [6.45, 7) is 0.254. The smallest absolute Gasteiger partial charge is 0.255 e. The van der Waals surface area contributed by atoms with Crippen molar-refractivity contribution in [2.45, 2.75) is 13.0 Å². The predicted molar refractivity (Wildman–Crippen MR) is 82.9 cm³/mol. The fourth-order valence-electron chi connectivity index (χ4n) is 1.93. The van der Waals surface area contributed by atoms with Crippen LogP contribution in [0, 0.1) is 17.1 Å². The molecule has 2 aromatic rings. The number of nitrogens with one attached hydrogen (secondary N) is 2. The van der Waals surface area contributed by atoms with Gasteiger partial charge in [0.15, 0.2) is 0 Å². The molecule has 0 bridgehead atoms. The van der Waals surface area contributed by atoms with Crippen molar-refractivity contribution >= 4 is 17.5 Å². The number of carbonyl (C=O) groups is 2. The molecule has 6 heteroatoms. The van der Waals surface area contributed by atoms with E-state index >= 15 is 0 Å². The van der Waals surface area contributed by atoms with Crippen LogP contribution in [-0.2, 0) is 11.3 Å². The van der Waals surface area contributed by atoms with Crippen molar-refractivity contribution in [1.29, 1.82) is 5.26 Å². The zero-order valence-corrected chi connectivity index (χ0v) is 12.2. The molecular formula is C17H14FN3O2. The summed E-state index contributed by atoms with van der Waals surface area (Å²) in [5.41, 5.74) is 1.53. The first-order valence-corrected chi connectivity index (χ1v) is 6.88. The van der Waals surface area contributed by atoms with Gasteiger partial charge in [-0.25, -0.2) is 4.39 Å². The summed E-state index contributed by atoms with van der Waals surface area (Å²) >= 11 is 0. The topological polar surface area (TPSA) is 82.0 Å². The van der Waals surface area contributed by atoms with Crippen LogP contribution >= 0.6 is 0 Å². The van der Waals surface area contributed by atoms with E-state index in [4.69, 9.17) is 5.26 Å². The summed E-state index contributed by atoms with van der Waals surface area (Å²) in [5.74, 6) is -1.26. The number of rotatable bonds is 5. The lowest BCUT2D eigenvalue weighted by Crippen LogP contribution is -2.22. The van der Waals surface area contributed by atoms with Gasteiger partial charge in [0.05, 0.1) is 6.07 Å². The molecule has 0 radical (unpaired) electrons. The average Bonchev–Trinajstić information content (AvgIpc) is 2.53. The van der Waals surface area contributed by atoms with E-state index in [1.54, 1.807) is 30.3 Å². The van der Waals surface area contributed by atoms with E-state index in [0.717, 1.165) is 11.6 Å². The van der Waals surface area contributed by atoms with Crippen molar-refractivity contribution in [2.75, 3.05) is 5.32 Å². The first kappa shape index (κ1) is 16.2. The Morgan fingerprint density at radius 1 is 1.13 bits per heavy atom. The standard InChI is InChI=1S/C17H14FN3O2/c18-14-5-2-4-13(10-14)17(23)21-15-6-1-3-12(9-15)11-20-16(22)7-8-19/h1-6,9-10H,7,11H2,(H,20,22)(H,21,23). The lowest BCUT2D eigenvalue weighted by Gasteiger charge is -2.08. The third-order valence-corrected chi connectivity index (χ3v) is 3.00. The van der Waals surface area contributed by atoms with Crippen LogP contribution in [-0.4, -0.2) is 11.8 Å². The van der Waals surface area contributed by atoms with Gasteiger partial charge in [0.1, 0.15) is 12.2 Å². The maximum atomic E-state index is 13.1. The van der Waals surface area contributed by atoms with Gasteiger partial charge >= 0.3 is 0 Å². The number of hydrogen-bond acceptors (Lipinski definition) is 3. The van der Waals surface area contributed by atoms with Crippen LogP contribution in [0.3, 0.4) is 0 Å². The fourth-order valence-corrected chi connectivity index (χ4v) is 1.93. The molecule has 2 amide bonds. The number of amides is 2. The Kier molecular flexibility index (Phi) is 5.42. The highest BCUT2D eigenvalue weighted by atomic mass is 19.1. The van der Waals surface area contributed by atoms with Gasteiger partial charge in [0.25, 0.3) is 5.91 Å². The number of halogens is 1. The maximum absolute atomic E-state index is 13.1.